The Bertz CT molecular complexity index is 1130. The molecule has 164 valence electrons. The van der Waals surface area contributed by atoms with Gasteiger partial charge in [0.25, 0.3) is 11.8 Å². The summed E-state index contributed by atoms with van der Waals surface area (Å²) in [5, 5.41) is 6.34. The molecule has 0 aliphatic carbocycles. The second-order valence-electron chi connectivity index (χ2n) is 7.64. The number of rotatable bonds is 8. The van der Waals surface area contributed by atoms with Gasteiger partial charge in [0.1, 0.15) is 6.04 Å². The first kappa shape index (κ1) is 21.5. The van der Waals surface area contributed by atoms with Crippen LogP contribution in [0.5, 0.6) is 0 Å². The van der Waals surface area contributed by atoms with Crippen molar-refractivity contribution in [1.82, 2.24) is 20.0 Å². The number of aryl methyl sites for hydroxylation is 1. The van der Waals surface area contributed by atoms with E-state index in [9.17, 15) is 19.2 Å². The van der Waals surface area contributed by atoms with E-state index in [1.165, 1.54) is 0 Å². The third-order valence-corrected chi connectivity index (χ3v) is 5.55. The molecule has 0 spiro atoms. The highest BCUT2D eigenvalue weighted by Gasteiger charge is 2.45. The van der Waals surface area contributed by atoms with Gasteiger partial charge in [0.05, 0.1) is 36.0 Å². The summed E-state index contributed by atoms with van der Waals surface area (Å²) in [5.74, 6) is 0.522. The number of carbonyl (C=O) groups is 4. The highest BCUT2D eigenvalue weighted by atomic mass is 16.5. The van der Waals surface area contributed by atoms with Crippen molar-refractivity contribution >= 4 is 23.6 Å². The molecule has 2 aliphatic rings. The normalized spacial score (nSPS) is 18.0. The number of imide groups is 2. The van der Waals surface area contributed by atoms with Crippen LogP contribution in [-0.4, -0.2) is 57.6 Å². The molecule has 9 nitrogen and oxygen atoms in total. The standard InChI is InChI=1S/C23H22N4O5/c1-2-15-13-24-26(14-15)10-12-32-11-4-6-16-5-3-7-17-20(16)23(31)27(22(17)30)18-8-9-19(28)25-21(18)29/h1,3,5,7,13-14,18H,4,6,8-12H2,(H,25,28,29). The second kappa shape index (κ2) is 9.16. The SMILES string of the molecule is C#Cc1cnn(CCOCCCc2cccc3c2C(=O)N(C2CCC(=O)NC2=O)C3=O)c1. The molecular formula is C23H22N4O5. The molecule has 0 saturated carbocycles. The summed E-state index contributed by atoms with van der Waals surface area (Å²) in [7, 11) is 0. The molecule has 1 unspecified atom stereocenters. The number of terminal acetylenes is 1. The van der Waals surface area contributed by atoms with Crippen LogP contribution < -0.4 is 5.32 Å². The molecule has 1 aromatic carbocycles. The van der Waals surface area contributed by atoms with Crippen LogP contribution in [-0.2, 0) is 27.3 Å². The smallest absolute Gasteiger partial charge is 0.262 e. The quantitative estimate of drug-likeness (QED) is 0.376. The van der Waals surface area contributed by atoms with E-state index >= 15 is 0 Å². The van der Waals surface area contributed by atoms with E-state index in [4.69, 9.17) is 11.2 Å². The first-order chi connectivity index (χ1) is 15.5. The van der Waals surface area contributed by atoms with Crippen molar-refractivity contribution in [3.05, 3.63) is 52.8 Å². The molecule has 32 heavy (non-hydrogen) atoms. The number of amides is 4. The molecule has 9 heteroatoms. The van der Waals surface area contributed by atoms with Crippen LogP contribution in [0.25, 0.3) is 0 Å². The van der Waals surface area contributed by atoms with Crippen LogP contribution in [0.1, 0.15) is 51.1 Å². The highest BCUT2D eigenvalue weighted by molar-refractivity contribution is 6.24. The maximum absolute atomic E-state index is 13.1. The van der Waals surface area contributed by atoms with Gasteiger partial charge in [-0.15, -0.1) is 6.42 Å². The van der Waals surface area contributed by atoms with Gasteiger partial charge in [-0.3, -0.25) is 34.1 Å². The van der Waals surface area contributed by atoms with E-state index in [0.717, 1.165) is 10.5 Å². The van der Waals surface area contributed by atoms with Crippen molar-refractivity contribution in [2.45, 2.75) is 38.3 Å². The number of carbonyl (C=O) groups excluding carboxylic acids is 4. The number of hydrogen-bond donors (Lipinski definition) is 1. The van der Waals surface area contributed by atoms with E-state index in [0.29, 0.717) is 49.3 Å². The van der Waals surface area contributed by atoms with Crippen LogP contribution in [0.3, 0.4) is 0 Å². The van der Waals surface area contributed by atoms with Gasteiger partial charge in [-0.25, -0.2) is 0 Å². The summed E-state index contributed by atoms with van der Waals surface area (Å²) >= 11 is 0. The fraction of sp³-hybridized carbons (Fsp3) is 0.348. The van der Waals surface area contributed by atoms with Gasteiger partial charge in [-0.05, 0) is 30.9 Å². The Balaban J connectivity index is 1.34. The minimum Gasteiger partial charge on any atom is -0.380 e. The highest BCUT2D eigenvalue weighted by Crippen LogP contribution is 2.30. The van der Waals surface area contributed by atoms with Gasteiger partial charge in [0.15, 0.2) is 0 Å². The van der Waals surface area contributed by atoms with Gasteiger partial charge < -0.3 is 4.74 Å². The number of nitrogens with one attached hydrogen (secondary N) is 1. The average molecular weight is 434 g/mol. The molecule has 0 radical (unpaired) electrons. The van der Waals surface area contributed by atoms with Gasteiger partial charge in [0, 0.05) is 19.2 Å². The Hall–Kier alpha value is -3.77. The monoisotopic (exact) mass is 434 g/mol. The van der Waals surface area contributed by atoms with Crippen LogP contribution in [0.4, 0.5) is 0 Å². The Labute approximate surface area is 184 Å². The molecular weight excluding hydrogens is 412 g/mol. The third kappa shape index (κ3) is 4.18. The van der Waals surface area contributed by atoms with Crippen molar-refractivity contribution in [1.29, 1.82) is 0 Å². The topological polar surface area (TPSA) is 111 Å². The molecule has 0 bridgehead atoms. The number of piperidine rings is 1. The molecule has 2 aromatic rings. The molecule has 1 N–H and O–H groups in total. The van der Waals surface area contributed by atoms with Crippen molar-refractivity contribution in [3.8, 4) is 12.3 Å². The predicted molar refractivity (Wildman–Crippen MR) is 112 cm³/mol. The molecule has 4 rings (SSSR count). The third-order valence-electron chi connectivity index (χ3n) is 5.55. The molecule has 1 saturated heterocycles. The predicted octanol–water partition coefficient (Wildman–Crippen LogP) is 0.915. The molecule has 2 aliphatic heterocycles. The Morgan fingerprint density at radius 3 is 2.78 bits per heavy atom. The number of benzene rings is 1. The van der Waals surface area contributed by atoms with Gasteiger partial charge in [-0.1, -0.05) is 18.1 Å². The zero-order valence-corrected chi connectivity index (χ0v) is 17.4. The number of nitrogens with zero attached hydrogens (tertiary/aromatic N) is 3. The van der Waals surface area contributed by atoms with Crippen LogP contribution in [0.15, 0.2) is 30.6 Å². The second-order valence-corrected chi connectivity index (χ2v) is 7.64. The first-order valence-electron chi connectivity index (χ1n) is 10.4. The number of fused-ring (bicyclic) bond motifs is 1. The van der Waals surface area contributed by atoms with Crippen molar-refractivity contribution < 1.29 is 23.9 Å². The molecule has 1 aromatic heterocycles. The van der Waals surface area contributed by atoms with E-state index in [1.54, 1.807) is 29.2 Å². The summed E-state index contributed by atoms with van der Waals surface area (Å²) < 4.78 is 7.37. The zero-order chi connectivity index (χ0) is 22.7. The average Bonchev–Trinajstić information content (AvgIpc) is 3.34. The van der Waals surface area contributed by atoms with E-state index in [1.807, 2.05) is 6.07 Å². The van der Waals surface area contributed by atoms with Gasteiger partial charge in [0.2, 0.25) is 11.8 Å². The zero-order valence-electron chi connectivity index (χ0n) is 17.4. The summed E-state index contributed by atoms with van der Waals surface area (Å²) in [6.45, 7) is 1.53. The molecule has 1 atom stereocenters. The lowest BCUT2D eigenvalue weighted by Gasteiger charge is -2.27. The van der Waals surface area contributed by atoms with E-state index in [-0.39, 0.29) is 12.8 Å². The summed E-state index contributed by atoms with van der Waals surface area (Å²) in [5.41, 5.74) is 2.08. The van der Waals surface area contributed by atoms with Crippen LogP contribution >= 0.6 is 0 Å². The Morgan fingerprint density at radius 1 is 1.19 bits per heavy atom. The Kier molecular flexibility index (Phi) is 6.14. The minimum atomic E-state index is -0.964. The summed E-state index contributed by atoms with van der Waals surface area (Å²) in [6.07, 6.45) is 10.1. The van der Waals surface area contributed by atoms with Crippen LogP contribution in [0, 0.1) is 12.3 Å². The fourth-order valence-electron chi connectivity index (χ4n) is 3.98. The molecule has 4 amide bonds. The van der Waals surface area contributed by atoms with Crippen LogP contribution in [0.2, 0.25) is 0 Å². The largest absolute Gasteiger partial charge is 0.380 e. The number of aromatic nitrogens is 2. The lowest BCUT2D eigenvalue weighted by Crippen LogP contribution is -2.54. The van der Waals surface area contributed by atoms with Crippen molar-refractivity contribution in [3.63, 3.8) is 0 Å². The minimum absolute atomic E-state index is 0.0938. The lowest BCUT2D eigenvalue weighted by atomic mass is 9.99. The fourth-order valence-corrected chi connectivity index (χ4v) is 3.98. The number of hydrogen-bond acceptors (Lipinski definition) is 6. The first-order valence-corrected chi connectivity index (χ1v) is 10.4. The maximum atomic E-state index is 13.1. The van der Waals surface area contributed by atoms with Gasteiger partial charge >= 0.3 is 0 Å². The Morgan fingerprint density at radius 2 is 2.03 bits per heavy atom. The van der Waals surface area contributed by atoms with E-state index in [2.05, 4.69) is 16.3 Å². The lowest BCUT2D eigenvalue weighted by molar-refractivity contribution is -0.136. The summed E-state index contributed by atoms with van der Waals surface area (Å²) in [4.78, 5) is 50.5. The molecule has 1 fully saturated rings. The van der Waals surface area contributed by atoms with Gasteiger partial charge in [-0.2, -0.15) is 5.10 Å². The molecule has 3 heterocycles. The summed E-state index contributed by atoms with van der Waals surface area (Å²) in [6, 6.07) is 4.17. The van der Waals surface area contributed by atoms with E-state index < -0.39 is 29.7 Å². The maximum Gasteiger partial charge on any atom is 0.262 e. The number of ether oxygens (including phenoxy) is 1. The van der Waals surface area contributed by atoms with Crippen molar-refractivity contribution in [2.75, 3.05) is 13.2 Å². The van der Waals surface area contributed by atoms with Crippen molar-refractivity contribution in [2.24, 2.45) is 0 Å².